The molecule has 0 aliphatic carbocycles. The third kappa shape index (κ3) is 3.07. The van der Waals surface area contributed by atoms with Crippen molar-refractivity contribution >= 4 is 5.91 Å². The number of ether oxygens (including phenoxy) is 1. The smallest absolute Gasteiger partial charge is 0.242 e. The van der Waals surface area contributed by atoms with Gasteiger partial charge in [0.2, 0.25) is 5.91 Å². The van der Waals surface area contributed by atoms with Crippen LogP contribution in [0.2, 0.25) is 0 Å². The number of likely N-dealkylation sites (tertiary alicyclic amines) is 1. The van der Waals surface area contributed by atoms with E-state index in [2.05, 4.69) is 5.32 Å². The van der Waals surface area contributed by atoms with Crippen LogP contribution in [0.5, 0.6) is 5.75 Å². The van der Waals surface area contributed by atoms with Gasteiger partial charge in [-0.05, 0) is 43.0 Å². The highest BCUT2D eigenvalue weighted by atomic mass is 19.1. The molecule has 0 aromatic heterocycles. The number of rotatable bonds is 4. The van der Waals surface area contributed by atoms with Crippen LogP contribution in [-0.4, -0.2) is 29.9 Å². The van der Waals surface area contributed by atoms with Gasteiger partial charge in [0, 0.05) is 25.2 Å². The van der Waals surface area contributed by atoms with Gasteiger partial charge < -0.3 is 9.64 Å². The number of benzene rings is 2. The number of nitrogens with one attached hydrogen (secondary N) is 1. The number of likely N-dealkylation sites (N-methyl/N-ethyl adjacent to an activating group) is 1. The molecule has 2 aromatic rings. The Morgan fingerprint density at radius 1 is 1.19 bits per heavy atom. The van der Waals surface area contributed by atoms with Gasteiger partial charge in [-0.3, -0.25) is 10.1 Å². The maximum absolute atomic E-state index is 13.6. The third-order valence-corrected chi connectivity index (χ3v) is 5.58. The fraction of sp³-hybridized carbons (Fsp3) is 0.381. The fourth-order valence-electron chi connectivity index (χ4n) is 3.99. The second-order valence-electron chi connectivity index (χ2n) is 7.24. The van der Waals surface area contributed by atoms with Gasteiger partial charge in [-0.15, -0.1) is 0 Å². The lowest BCUT2D eigenvalue weighted by atomic mass is 9.96. The van der Waals surface area contributed by atoms with Crippen molar-refractivity contribution in [2.75, 3.05) is 13.6 Å². The van der Waals surface area contributed by atoms with Crippen molar-refractivity contribution in [3.05, 3.63) is 65.5 Å². The molecule has 4 rings (SSSR count). The monoisotopic (exact) mass is 354 g/mol. The van der Waals surface area contributed by atoms with E-state index in [0.29, 0.717) is 11.3 Å². The zero-order valence-corrected chi connectivity index (χ0v) is 14.9. The molecule has 2 fully saturated rings. The number of carbonyl (C=O) groups excluding carboxylic acids is 1. The van der Waals surface area contributed by atoms with Crippen molar-refractivity contribution in [1.82, 2.24) is 10.2 Å². The molecule has 136 valence electrons. The Labute approximate surface area is 153 Å². The highest BCUT2D eigenvalue weighted by Crippen LogP contribution is 2.39. The molecule has 2 heterocycles. The number of hydrogen-bond donors (Lipinski definition) is 1. The number of carbonyl (C=O) groups is 1. The zero-order valence-electron chi connectivity index (χ0n) is 14.9. The summed E-state index contributed by atoms with van der Waals surface area (Å²) < 4.78 is 19.3. The molecule has 26 heavy (non-hydrogen) atoms. The topological polar surface area (TPSA) is 41.6 Å². The average Bonchev–Trinajstić information content (AvgIpc) is 3.22. The Bertz CT molecular complexity index is 808. The predicted molar refractivity (Wildman–Crippen MR) is 97.3 cm³/mol. The Balaban J connectivity index is 1.39. The summed E-state index contributed by atoms with van der Waals surface area (Å²) in [5.74, 6) is 0.669. The van der Waals surface area contributed by atoms with Crippen molar-refractivity contribution in [3.8, 4) is 5.75 Å². The van der Waals surface area contributed by atoms with Crippen LogP contribution in [0.25, 0.3) is 0 Å². The van der Waals surface area contributed by atoms with Crippen LogP contribution in [0, 0.1) is 5.82 Å². The minimum absolute atomic E-state index is 0.186. The largest absolute Gasteiger partial charge is 0.489 e. The van der Waals surface area contributed by atoms with Gasteiger partial charge in [0.05, 0.1) is 0 Å². The lowest BCUT2D eigenvalue weighted by Gasteiger charge is -2.23. The number of amides is 1. The molecule has 2 aliphatic heterocycles. The second kappa shape index (κ2) is 6.72. The first kappa shape index (κ1) is 17.0. The molecule has 1 spiro atoms. The first-order valence-corrected chi connectivity index (χ1v) is 9.07. The summed E-state index contributed by atoms with van der Waals surface area (Å²) in [6, 6.07) is 14.7. The van der Waals surface area contributed by atoms with Crippen molar-refractivity contribution in [2.45, 2.75) is 37.5 Å². The van der Waals surface area contributed by atoms with Crippen LogP contribution in [0.4, 0.5) is 4.39 Å². The summed E-state index contributed by atoms with van der Waals surface area (Å²) in [7, 11) is 1.87. The number of nitrogens with zero attached hydrogens (tertiary/aromatic N) is 1. The predicted octanol–water partition coefficient (Wildman–Crippen LogP) is 3.43. The quantitative estimate of drug-likeness (QED) is 0.915. The number of halogens is 1. The van der Waals surface area contributed by atoms with Crippen LogP contribution in [0.15, 0.2) is 48.5 Å². The maximum atomic E-state index is 13.6. The molecule has 2 aliphatic rings. The van der Waals surface area contributed by atoms with Crippen molar-refractivity contribution in [3.63, 3.8) is 0 Å². The molecule has 2 atom stereocenters. The summed E-state index contributed by atoms with van der Waals surface area (Å²) >= 11 is 0. The van der Waals surface area contributed by atoms with E-state index in [4.69, 9.17) is 4.74 Å². The highest BCUT2D eigenvalue weighted by Gasteiger charge is 2.49. The van der Waals surface area contributed by atoms with Gasteiger partial charge in [-0.2, -0.15) is 0 Å². The van der Waals surface area contributed by atoms with Gasteiger partial charge in [0.1, 0.15) is 23.7 Å². The van der Waals surface area contributed by atoms with E-state index in [1.807, 2.05) is 36.2 Å². The zero-order chi connectivity index (χ0) is 18.1. The first-order chi connectivity index (χ1) is 12.6. The van der Waals surface area contributed by atoms with Crippen molar-refractivity contribution < 1.29 is 13.9 Å². The molecular weight excluding hydrogens is 331 g/mol. The molecule has 0 radical (unpaired) electrons. The summed E-state index contributed by atoms with van der Waals surface area (Å²) in [6.07, 6.45) is 2.71. The summed E-state index contributed by atoms with van der Waals surface area (Å²) in [6.45, 7) is 1.03. The van der Waals surface area contributed by atoms with Crippen LogP contribution in [-0.2, 0) is 11.4 Å². The van der Waals surface area contributed by atoms with E-state index >= 15 is 0 Å². The third-order valence-electron chi connectivity index (χ3n) is 5.58. The molecule has 2 aromatic carbocycles. The summed E-state index contributed by atoms with van der Waals surface area (Å²) in [5.41, 5.74) is 1.32. The molecular formula is C21H23FN2O2. The lowest BCUT2D eigenvalue weighted by molar-refractivity contribution is -0.131. The van der Waals surface area contributed by atoms with Gasteiger partial charge >= 0.3 is 0 Å². The average molecular weight is 354 g/mol. The van der Waals surface area contributed by atoms with Crippen molar-refractivity contribution in [2.24, 2.45) is 0 Å². The van der Waals surface area contributed by atoms with Gasteiger partial charge in [-0.1, -0.05) is 30.3 Å². The Morgan fingerprint density at radius 2 is 1.96 bits per heavy atom. The first-order valence-electron chi connectivity index (χ1n) is 9.07. The van der Waals surface area contributed by atoms with Crippen molar-refractivity contribution in [1.29, 1.82) is 0 Å². The molecule has 0 unspecified atom stereocenters. The SMILES string of the molecule is CN1CC[C@]2(CC[C@H](c3ccc(OCc4ccccc4F)cc3)N2)C1=O. The Kier molecular flexibility index (Phi) is 4.41. The van der Waals surface area contributed by atoms with E-state index in [0.717, 1.165) is 31.4 Å². The van der Waals surface area contributed by atoms with E-state index < -0.39 is 0 Å². The molecule has 1 amide bonds. The van der Waals surface area contributed by atoms with E-state index in [1.165, 1.54) is 6.07 Å². The molecule has 4 nitrogen and oxygen atoms in total. The Morgan fingerprint density at radius 3 is 2.65 bits per heavy atom. The van der Waals surface area contributed by atoms with Gasteiger partial charge in [-0.25, -0.2) is 4.39 Å². The van der Waals surface area contributed by atoms with Crippen LogP contribution in [0.3, 0.4) is 0 Å². The summed E-state index contributed by atoms with van der Waals surface area (Å²) in [5, 5.41) is 3.57. The van der Waals surface area contributed by atoms with Gasteiger partial charge in [0.25, 0.3) is 0 Å². The minimum atomic E-state index is -0.376. The normalized spacial score (nSPS) is 25.2. The molecule has 0 saturated carbocycles. The minimum Gasteiger partial charge on any atom is -0.489 e. The van der Waals surface area contributed by atoms with Crippen LogP contribution < -0.4 is 10.1 Å². The fourth-order valence-corrected chi connectivity index (χ4v) is 3.99. The van der Waals surface area contributed by atoms with Crippen LogP contribution in [0.1, 0.15) is 36.4 Å². The summed E-state index contributed by atoms with van der Waals surface area (Å²) in [4.78, 5) is 14.2. The number of hydrogen-bond acceptors (Lipinski definition) is 3. The lowest BCUT2D eigenvalue weighted by Crippen LogP contribution is -2.47. The van der Waals surface area contributed by atoms with Gasteiger partial charge in [0.15, 0.2) is 0 Å². The highest BCUT2D eigenvalue weighted by molar-refractivity contribution is 5.88. The molecule has 5 heteroatoms. The molecule has 0 bridgehead atoms. The van der Waals surface area contributed by atoms with E-state index in [1.54, 1.807) is 18.2 Å². The second-order valence-corrected chi connectivity index (χ2v) is 7.24. The van der Waals surface area contributed by atoms with Crippen LogP contribution >= 0.6 is 0 Å². The van der Waals surface area contributed by atoms with E-state index in [-0.39, 0.29) is 29.9 Å². The molecule has 1 N–H and O–H groups in total. The molecule has 2 saturated heterocycles. The maximum Gasteiger partial charge on any atom is 0.242 e. The van der Waals surface area contributed by atoms with E-state index in [9.17, 15) is 9.18 Å². The standard InChI is InChI=1S/C21H23FN2O2/c1-24-13-12-21(20(24)25)11-10-19(23-21)15-6-8-17(9-7-15)26-14-16-4-2-3-5-18(16)22/h2-9,19,23H,10-14H2,1H3/t19-,21-/m1/s1. The Hall–Kier alpha value is -2.40.